The fraction of sp³-hybridized carbons (Fsp3) is 0.393. The number of rotatable bonds is 21. The lowest BCUT2D eigenvalue weighted by atomic mass is 10.0. The summed E-state index contributed by atoms with van der Waals surface area (Å²) in [5.41, 5.74) is 1.01. The molecule has 1 atom stereocenters. The van der Waals surface area contributed by atoms with Crippen LogP contribution in [0.1, 0.15) is 11.1 Å². The lowest BCUT2D eigenvalue weighted by Crippen LogP contribution is -2.51. The van der Waals surface area contributed by atoms with Crippen LogP contribution in [0.4, 0.5) is 5.69 Å². The van der Waals surface area contributed by atoms with Gasteiger partial charge in [-0.25, -0.2) is 0 Å². The number of ether oxygens (including phenoxy) is 1. The van der Waals surface area contributed by atoms with Crippen molar-refractivity contribution >= 4 is 35.5 Å². The summed E-state index contributed by atoms with van der Waals surface area (Å²) in [4.78, 5) is 73.3. The number of carbonyl (C=O) groups excluding carboxylic acids is 1. The smallest absolute Gasteiger partial charge is 0.324 e. The second-order valence-corrected chi connectivity index (χ2v) is 9.77. The van der Waals surface area contributed by atoms with Crippen LogP contribution in [0.15, 0.2) is 54.6 Å². The molecule has 16 heteroatoms. The molecule has 0 aliphatic rings. The Bertz CT molecular complexity index is 1220. The number of nitrogens with zero attached hydrogens (tertiary/aromatic N) is 4. The van der Waals surface area contributed by atoms with E-state index in [1.165, 1.54) is 29.2 Å². The summed E-state index contributed by atoms with van der Waals surface area (Å²) in [6.07, 6.45) is -0.0403. The molecule has 4 N–H and O–H groups in total. The molecule has 44 heavy (non-hydrogen) atoms. The summed E-state index contributed by atoms with van der Waals surface area (Å²) in [6.45, 7) is -3.02. The summed E-state index contributed by atoms with van der Waals surface area (Å²) in [5.74, 6) is -5.85. The first kappa shape index (κ1) is 35.3. The van der Waals surface area contributed by atoms with Gasteiger partial charge in [-0.3, -0.25) is 48.8 Å². The van der Waals surface area contributed by atoms with Gasteiger partial charge in [0.2, 0.25) is 0 Å². The first-order valence-corrected chi connectivity index (χ1v) is 13.3. The number of carboxylic acids is 4. The molecule has 0 saturated carbocycles. The predicted molar refractivity (Wildman–Crippen MR) is 152 cm³/mol. The van der Waals surface area contributed by atoms with Crippen LogP contribution in [0, 0.1) is 10.1 Å². The second kappa shape index (κ2) is 17.9. The van der Waals surface area contributed by atoms with Gasteiger partial charge in [0.15, 0.2) is 0 Å². The maximum Gasteiger partial charge on any atom is 0.324 e. The van der Waals surface area contributed by atoms with Gasteiger partial charge in [-0.2, -0.15) is 0 Å². The first-order valence-electron chi connectivity index (χ1n) is 13.3. The van der Waals surface area contributed by atoms with Gasteiger partial charge in [0.25, 0.3) is 5.69 Å². The van der Waals surface area contributed by atoms with E-state index in [0.29, 0.717) is 11.1 Å². The molecule has 0 saturated heterocycles. The van der Waals surface area contributed by atoms with Crippen LogP contribution in [0.3, 0.4) is 0 Å². The van der Waals surface area contributed by atoms with Gasteiger partial charge in [0.05, 0.1) is 31.1 Å². The van der Waals surface area contributed by atoms with E-state index in [2.05, 4.69) is 0 Å². The van der Waals surface area contributed by atoms with Gasteiger partial charge < -0.3 is 25.2 Å². The minimum absolute atomic E-state index is 0.0403. The molecule has 0 unspecified atom stereocenters. The van der Waals surface area contributed by atoms with Crippen LogP contribution in [-0.4, -0.2) is 128 Å². The van der Waals surface area contributed by atoms with Crippen molar-refractivity contribution in [2.45, 2.75) is 19.1 Å². The third kappa shape index (κ3) is 13.4. The van der Waals surface area contributed by atoms with Gasteiger partial charge in [0.1, 0.15) is 12.6 Å². The molecule has 0 aromatic heterocycles. The van der Waals surface area contributed by atoms with Crippen molar-refractivity contribution in [2.24, 2.45) is 0 Å². The highest BCUT2D eigenvalue weighted by atomic mass is 16.6. The molecule has 0 heterocycles. The van der Waals surface area contributed by atoms with Crippen molar-refractivity contribution in [1.82, 2.24) is 14.7 Å². The number of aliphatic carboxylic acids is 4. The Hall–Kier alpha value is -4.93. The van der Waals surface area contributed by atoms with E-state index >= 15 is 0 Å². The topological polar surface area (TPSA) is 228 Å². The van der Waals surface area contributed by atoms with Crippen molar-refractivity contribution in [3.05, 3.63) is 75.8 Å². The SMILES string of the molecule is O=C(O)CN(CCN(CCN(CC(=O)O)CC(=O)O)[C@@H](Cc1ccc([N+](=O)[O-])cc1)C(=O)OCc1ccccc1)CC(=O)O. The maximum absolute atomic E-state index is 13.6. The van der Waals surface area contributed by atoms with E-state index in [1.54, 1.807) is 30.3 Å². The lowest BCUT2D eigenvalue weighted by Gasteiger charge is -2.33. The normalized spacial score (nSPS) is 11.8. The standard InChI is InChI=1S/C28H34N4O12/c33-24(34)15-29(16-25(35)36)10-12-31(13-11-30(17-26(37)38)18-27(39)40)23(14-20-6-8-22(9-7-20)32(42)43)28(41)44-19-21-4-2-1-3-5-21/h1-9,23H,10-19H2,(H,33,34)(H,35,36)(H,37,38)(H,39,40)/t23-/m0/s1. The van der Waals surface area contributed by atoms with Crippen molar-refractivity contribution in [2.75, 3.05) is 52.4 Å². The molecule has 0 radical (unpaired) electrons. The molecule has 0 aliphatic heterocycles. The summed E-state index contributed by atoms with van der Waals surface area (Å²) >= 11 is 0. The Kier molecular flexibility index (Phi) is 14.3. The predicted octanol–water partition coefficient (Wildman–Crippen LogP) is 0.494. The van der Waals surface area contributed by atoms with Crippen LogP contribution >= 0.6 is 0 Å². The summed E-state index contributed by atoms with van der Waals surface area (Å²) in [6, 6.07) is 13.1. The monoisotopic (exact) mass is 618 g/mol. The maximum atomic E-state index is 13.6. The Morgan fingerprint density at radius 2 is 1.14 bits per heavy atom. The summed E-state index contributed by atoms with van der Waals surface area (Å²) in [5, 5.41) is 48.1. The Labute approximate surface area is 251 Å². The molecule has 2 aromatic rings. The highest BCUT2D eigenvalue weighted by molar-refractivity contribution is 5.76. The van der Waals surface area contributed by atoms with Gasteiger partial charge in [-0.1, -0.05) is 42.5 Å². The van der Waals surface area contributed by atoms with Crippen LogP contribution in [0.25, 0.3) is 0 Å². The van der Waals surface area contributed by atoms with Crippen LogP contribution in [-0.2, 0) is 41.7 Å². The summed E-state index contributed by atoms with van der Waals surface area (Å²) < 4.78 is 5.58. The first-order chi connectivity index (χ1) is 20.8. The van der Waals surface area contributed by atoms with Crippen LogP contribution in [0.2, 0.25) is 0 Å². The van der Waals surface area contributed by atoms with Gasteiger partial charge in [0, 0.05) is 38.3 Å². The number of benzene rings is 2. The Balaban J connectivity index is 2.42. The zero-order valence-corrected chi connectivity index (χ0v) is 23.7. The molecule has 0 aliphatic carbocycles. The third-order valence-corrected chi connectivity index (χ3v) is 6.36. The van der Waals surface area contributed by atoms with Gasteiger partial charge >= 0.3 is 29.8 Å². The molecule has 0 fully saturated rings. The van der Waals surface area contributed by atoms with E-state index in [9.17, 15) is 54.5 Å². The van der Waals surface area contributed by atoms with E-state index in [4.69, 9.17) is 4.74 Å². The van der Waals surface area contributed by atoms with Crippen LogP contribution in [0.5, 0.6) is 0 Å². The number of hydrogen-bond acceptors (Lipinski definition) is 11. The fourth-order valence-corrected chi connectivity index (χ4v) is 4.32. The molecule has 2 aromatic carbocycles. The van der Waals surface area contributed by atoms with Gasteiger partial charge in [-0.05, 0) is 17.5 Å². The minimum Gasteiger partial charge on any atom is -0.480 e. The molecule has 0 amide bonds. The van der Waals surface area contributed by atoms with Crippen molar-refractivity contribution in [3.8, 4) is 0 Å². The molecular weight excluding hydrogens is 584 g/mol. The molecule has 238 valence electrons. The third-order valence-electron chi connectivity index (χ3n) is 6.36. The number of non-ortho nitro benzene ring substituents is 1. The molecule has 0 spiro atoms. The number of hydrogen-bond donors (Lipinski definition) is 4. The Morgan fingerprint density at radius 1 is 0.682 bits per heavy atom. The van der Waals surface area contributed by atoms with Crippen molar-refractivity contribution < 1.29 is 54.1 Å². The largest absolute Gasteiger partial charge is 0.480 e. The second-order valence-electron chi connectivity index (χ2n) is 9.77. The minimum atomic E-state index is -1.28. The van der Waals surface area contributed by atoms with Crippen molar-refractivity contribution in [1.29, 1.82) is 0 Å². The lowest BCUT2D eigenvalue weighted by molar-refractivity contribution is -0.384. The summed E-state index contributed by atoms with van der Waals surface area (Å²) in [7, 11) is 0. The Morgan fingerprint density at radius 3 is 1.55 bits per heavy atom. The highest BCUT2D eigenvalue weighted by Gasteiger charge is 2.30. The quantitative estimate of drug-likeness (QED) is 0.0848. The molecule has 2 rings (SSSR count). The number of nitro groups is 1. The number of esters is 1. The van der Waals surface area contributed by atoms with Crippen LogP contribution < -0.4 is 0 Å². The number of carbonyl (C=O) groups is 5. The van der Waals surface area contributed by atoms with E-state index in [1.807, 2.05) is 0 Å². The molecule has 16 nitrogen and oxygen atoms in total. The van der Waals surface area contributed by atoms with Gasteiger partial charge in [-0.15, -0.1) is 0 Å². The van der Waals surface area contributed by atoms with Crippen molar-refractivity contribution in [3.63, 3.8) is 0 Å². The zero-order valence-electron chi connectivity index (χ0n) is 23.7. The average molecular weight is 619 g/mol. The zero-order chi connectivity index (χ0) is 32.6. The van der Waals surface area contributed by atoms with E-state index < -0.39 is 67.0 Å². The van der Waals surface area contributed by atoms with E-state index in [-0.39, 0.29) is 44.9 Å². The average Bonchev–Trinajstić information content (AvgIpc) is 2.94. The highest BCUT2D eigenvalue weighted by Crippen LogP contribution is 2.17. The molecular formula is C28H34N4O12. The van der Waals surface area contributed by atoms with E-state index in [0.717, 1.165) is 9.80 Å². The number of carboxylic acid groups (broad SMARTS) is 4. The molecule has 0 bridgehead atoms. The number of nitro benzene ring substituents is 1. The fourth-order valence-electron chi connectivity index (χ4n) is 4.32.